The largest absolute Gasteiger partial charge is 0.467 e. The van der Waals surface area contributed by atoms with E-state index in [9.17, 15) is 9.59 Å². The molecule has 1 aromatic heterocycles. The highest BCUT2D eigenvalue weighted by atomic mass is 16.5. The molecule has 0 saturated carbocycles. The molecule has 1 unspecified atom stereocenters. The molecule has 1 N–H and O–H groups in total. The van der Waals surface area contributed by atoms with E-state index in [1.54, 1.807) is 0 Å². The van der Waals surface area contributed by atoms with Crippen LogP contribution >= 0.6 is 0 Å². The van der Waals surface area contributed by atoms with Crippen molar-refractivity contribution in [3.05, 3.63) is 29.0 Å². The highest BCUT2D eigenvalue weighted by Crippen LogP contribution is 2.24. The van der Waals surface area contributed by atoms with Gasteiger partial charge >= 0.3 is 5.97 Å². The van der Waals surface area contributed by atoms with Crippen LogP contribution in [-0.4, -0.2) is 30.2 Å². The number of nitrogens with one attached hydrogen (secondary N) is 1. The highest BCUT2D eigenvalue weighted by molar-refractivity contribution is 5.90. The van der Waals surface area contributed by atoms with Gasteiger partial charge in [0.05, 0.1) is 13.5 Å². The molecule has 2 aromatic rings. The normalized spacial score (nSPS) is 12.4. The Bertz CT molecular complexity index is 749. The number of amides is 1. The lowest BCUT2D eigenvalue weighted by molar-refractivity contribution is -0.145. The van der Waals surface area contributed by atoms with Gasteiger partial charge in [-0.2, -0.15) is 0 Å². The topological polar surface area (TPSA) is 81.4 Å². The molecule has 6 nitrogen and oxygen atoms in total. The average molecular weight is 332 g/mol. The summed E-state index contributed by atoms with van der Waals surface area (Å²) in [4.78, 5) is 24.2. The molecule has 0 spiro atoms. The minimum Gasteiger partial charge on any atom is -0.467 e. The van der Waals surface area contributed by atoms with Crippen molar-refractivity contribution in [2.75, 3.05) is 7.11 Å². The third-order valence-corrected chi connectivity index (χ3v) is 3.84. The maximum Gasteiger partial charge on any atom is 0.328 e. The number of benzene rings is 1. The van der Waals surface area contributed by atoms with E-state index in [1.165, 1.54) is 7.11 Å². The number of nitrogens with zero attached hydrogens (tertiary/aromatic N) is 1. The van der Waals surface area contributed by atoms with Gasteiger partial charge in [-0.15, -0.1) is 0 Å². The van der Waals surface area contributed by atoms with E-state index < -0.39 is 12.0 Å². The number of aromatic nitrogens is 1. The standard InChI is InChI=1S/C18H24N2O4/c1-10(2)6-14(18(22)23-5)19-16(21)9-13-17-12(4)7-11(3)8-15(17)24-20-13/h7-8,10,14H,6,9H2,1-5H3,(H,19,21). The predicted molar refractivity (Wildman–Crippen MR) is 90.6 cm³/mol. The molecule has 130 valence electrons. The smallest absolute Gasteiger partial charge is 0.328 e. The zero-order valence-corrected chi connectivity index (χ0v) is 14.8. The van der Waals surface area contributed by atoms with E-state index in [4.69, 9.17) is 9.26 Å². The van der Waals surface area contributed by atoms with Crippen LogP contribution in [0.15, 0.2) is 16.7 Å². The SMILES string of the molecule is COC(=O)C(CC(C)C)NC(=O)Cc1noc2cc(C)cc(C)c12. The van der Waals surface area contributed by atoms with E-state index in [0.29, 0.717) is 17.7 Å². The number of carbonyl (C=O) groups excluding carboxylic acids is 2. The molecule has 0 aliphatic heterocycles. The minimum absolute atomic E-state index is 0.0580. The molecule has 1 atom stereocenters. The highest BCUT2D eigenvalue weighted by Gasteiger charge is 2.24. The molecule has 0 radical (unpaired) electrons. The molecule has 0 saturated heterocycles. The number of hydrogen-bond acceptors (Lipinski definition) is 5. The number of hydrogen-bond donors (Lipinski definition) is 1. The predicted octanol–water partition coefficient (Wildman–Crippen LogP) is 2.69. The van der Waals surface area contributed by atoms with Gasteiger partial charge in [-0.1, -0.05) is 25.1 Å². The Kier molecular flexibility index (Phi) is 5.59. The summed E-state index contributed by atoms with van der Waals surface area (Å²) < 4.78 is 10.1. The van der Waals surface area contributed by atoms with Gasteiger partial charge in [0.2, 0.25) is 5.91 Å². The minimum atomic E-state index is -0.649. The zero-order chi connectivity index (χ0) is 17.9. The number of ether oxygens (including phenoxy) is 1. The molecular weight excluding hydrogens is 308 g/mol. The number of methoxy groups -OCH3 is 1. The van der Waals surface area contributed by atoms with E-state index in [-0.39, 0.29) is 18.2 Å². The van der Waals surface area contributed by atoms with Crippen molar-refractivity contribution in [2.24, 2.45) is 5.92 Å². The molecule has 2 rings (SSSR count). The van der Waals surface area contributed by atoms with Crippen LogP contribution < -0.4 is 5.32 Å². The second-order valence-electron chi connectivity index (χ2n) is 6.53. The lowest BCUT2D eigenvalue weighted by atomic mass is 10.0. The maximum atomic E-state index is 12.3. The van der Waals surface area contributed by atoms with Crippen LogP contribution in [0.25, 0.3) is 11.0 Å². The lowest BCUT2D eigenvalue weighted by Crippen LogP contribution is -2.43. The molecule has 24 heavy (non-hydrogen) atoms. The summed E-state index contributed by atoms with van der Waals surface area (Å²) in [5.41, 5.74) is 3.34. The van der Waals surface area contributed by atoms with Crippen molar-refractivity contribution < 1.29 is 18.8 Å². The van der Waals surface area contributed by atoms with Crippen LogP contribution in [-0.2, 0) is 20.7 Å². The molecule has 0 bridgehead atoms. The van der Waals surface area contributed by atoms with Crippen LogP contribution in [0.5, 0.6) is 0 Å². The molecule has 0 fully saturated rings. The third kappa shape index (κ3) is 4.13. The van der Waals surface area contributed by atoms with Crippen molar-refractivity contribution in [1.29, 1.82) is 0 Å². The Hall–Kier alpha value is -2.37. The summed E-state index contributed by atoms with van der Waals surface area (Å²) in [7, 11) is 1.32. The summed E-state index contributed by atoms with van der Waals surface area (Å²) in [5, 5.41) is 7.61. The summed E-state index contributed by atoms with van der Waals surface area (Å²) in [5.74, 6) is -0.456. The quantitative estimate of drug-likeness (QED) is 0.823. The number of carbonyl (C=O) groups is 2. The first-order valence-electron chi connectivity index (χ1n) is 8.04. The van der Waals surface area contributed by atoms with Gasteiger partial charge in [-0.3, -0.25) is 4.79 Å². The van der Waals surface area contributed by atoms with Gasteiger partial charge < -0.3 is 14.6 Å². The van der Waals surface area contributed by atoms with Crippen molar-refractivity contribution in [3.8, 4) is 0 Å². The Morgan fingerprint density at radius 2 is 2.00 bits per heavy atom. The van der Waals surface area contributed by atoms with Crippen LogP contribution in [0.3, 0.4) is 0 Å². The van der Waals surface area contributed by atoms with E-state index >= 15 is 0 Å². The molecule has 1 heterocycles. The molecule has 1 aromatic carbocycles. The fourth-order valence-electron chi connectivity index (χ4n) is 2.87. The van der Waals surface area contributed by atoms with Crippen molar-refractivity contribution in [2.45, 2.75) is 46.6 Å². The van der Waals surface area contributed by atoms with Gasteiger partial charge in [0.25, 0.3) is 0 Å². The Labute approximate surface area is 141 Å². The number of aryl methyl sites for hydroxylation is 2. The van der Waals surface area contributed by atoms with Crippen LogP contribution in [0.2, 0.25) is 0 Å². The average Bonchev–Trinajstić information content (AvgIpc) is 2.88. The van der Waals surface area contributed by atoms with Crippen molar-refractivity contribution in [3.63, 3.8) is 0 Å². The Morgan fingerprint density at radius 3 is 2.62 bits per heavy atom. The van der Waals surface area contributed by atoms with E-state index in [0.717, 1.165) is 16.5 Å². The molecule has 0 aliphatic rings. The van der Waals surface area contributed by atoms with Crippen molar-refractivity contribution >= 4 is 22.8 Å². The summed E-state index contributed by atoms with van der Waals surface area (Å²) in [6.07, 6.45) is 0.582. The van der Waals surface area contributed by atoms with Gasteiger partial charge in [0.1, 0.15) is 11.7 Å². The first kappa shape index (κ1) is 18.0. The number of esters is 1. The van der Waals surface area contributed by atoms with Crippen LogP contribution in [0.1, 0.15) is 37.1 Å². The molecule has 1 amide bonds. The van der Waals surface area contributed by atoms with Gasteiger partial charge in [-0.05, 0) is 43.4 Å². The van der Waals surface area contributed by atoms with E-state index in [1.807, 2.05) is 39.8 Å². The van der Waals surface area contributed by atoms with Crippen LogP contribution in [0.4, 0.5) is 0 Å². The zero-order valence-electron chi connectivity index (χ0n) is 14.8. The third-order valence-electron chi connectivity index (χ3n) is 3.84. The molecular formula is C18H24N2O4. The second-order valence-corrected chi connectivity index (χ2v) is 6.53. The Morgan fingerprint density at radius 1 is 1.29 bits per heavy atom. The summed E-state index contributed by atoms with van der Waals surface area (Å²) in [6.45, 7) is 7.91. The van der Waals surface area contributed by atoms with E-state index in [2.05, 4.69) is 10.5 Å². The fourth-order valence-corrected chi connectivity index (χ4v) is 2.87. The van der Waals surface area contributed by atoms with Gasteiger partial charge in [0, 0.05) is 5.39 Å². The van der Waals surface area contributed by atoms with Gasteiger partial charge in [-0.25, -0.2) is 4.79 Å². The van der Waals surface area contributed by atoms with Crippen molar-refractivity contribution in [1.82, 2.24) is 10.5 Å². The number of rotatable bonds is 6. The monoisotopic (exact) mass is 332 g/mol. The maximum absolute atomic E-state index is 12.3. The van der Waals surface area contributed by atoms with Crippen LogP contribution in [0, 0.1) is 19.8 Å². The molecule has 6 heteroatoms. The summed E-state index contributed by atoms with van der Waals surface area (Å²) >= 11 is 0. The van der Waals surface area contributed by atoms with Gasteiger partial charge in [0.15, 0.2) is 5.58 Å². The lowest BCUT2D eigenvalue weighted by Gasteiger charge is -2.18. The fraction of sp³-hybridized carbons (Fsp3) is 0.500. The summed E-state index contributed by atoms with van der Waals surface area (Å²) in [6, 6.07) is 3.27. The number of fused-ring (bicyclic) bond motifs is 1. The Balaban J connectivity index is 2.15. The molecule has 0 aliphatic carbocycles. The first-order chi connectivity index (χ1) is 11.3. The second kappa shape index (κ2) is 7.47. The first-order valence-corrected chi connectivity index (χ1v) is 8.04.